The second-order valence-corrected chi connectivity index (χ2v) is 9.48. The second-order valence-electron chi connectivity index (χ2n) is 8.13. The third-order valence-electron chi connectivity index (χ3n) is 5.82. The molecule has 0 bridgehead atoms. The lowest BCUT2D eigenvalue weighted by atomic mass is 9.95. The quantitative estimate of drug-likeness (QED) is 0.387. The van der Waals surface area contributed by atoms with Gasteiger partial charge >= 0.3 is 0 Å². The van der Waals surface area contributed by atoms with Crippen molar-refractivity contribution in [3.63, 3.8) is 0 Å². The van der Waals surface area contributed by atoms with Crippen LogP contribution in [-0.2, 0) is 0 Å². The maximum Gasteiger partial charge on any atom is 0.213 e. The summed E-state index contributed by atoms with van der Waals surface area (Å²) in [6.45, 7) is 4.42. The Morgan fingerprint density at radius 1 is 1.03 bits per heavy atom. The third-order valence-corrected chi connectivity index (χ3v) is 6.56. The molecule has 0 saturated carbocycles. The van der Waals surface area contributed by atoms with Crippen molar-refractivity contribution in [2.75, 3.05) is 0 Å². The molecule has 0 saturated heterocycles. The Hall–Kier alpha value is -2.30. The number of nitrogens with zero attached hydrogens (tertiary/aromatic N) is 2. The van der Waals surface area contributed by atoms with E-state index in [2.05, 4.69) is 65.1 Å². The van der Waals surface area contributed by atoms with Gasteiger partial charge in [0.05, 0.1) is 11.8 Å². The summed E-state index contributed by atoms with van der Waals surface area (Å²) in [4.78, 5) is 0. The molecule has 152 valence electrons. The van der Waals surface area contributed by atoms with E-state index >= 15 is 0 Å². The predicted molar refractivity (Wildman–Crippen MR) is 125 cm³/mol. The van der Waals surface area contributed by atoms with Crippen LogP contribution in [0.25, 0.3) is 0 Å². The lowest BCUT2D eigenvalue weighted by Gasteiger charge is -2.38. The number of halogens is 2. The number of hydrazone groups is 1. The van der Waals surface area contributed by atoms with Crippen molar-refractivity contribution in [1.82, 2.24) is 5.01 Å². The fourth-order valence-electron chi connectivity index (χ4n) is 4.14. The average molecular weight is 482 g/mol. The zero-order valence-corrected chi connectivity index (χ0v) is 19.2. The van der Waals surface area contributed by atoms with Crippen LogP contribution in [-0.4, -0.2) is 10.7 Å². The molecule has 3 nitrogen and oxygen atoms in total. The first kappa shape index (κ1) is 19.7. The van der Waals surface area contributed by atoms with Crippen molar-refractivity contribution in [3.8, 4) is 5.75 Å². The average Bonchev–Trinajstić information content (AvgIpc) is 3.19. The predicted octanol–water partition coefficient (Wildman–Crippen LogP) is 7.47. The molecule has 2 unspecified atom stereocenters. The highest BCUT2D eigenvalue weighted by Gasteiger charge is 2.41. The third kappa shape index (κ3) is 3.52. The number of benzene rings is 3. The van der Waals surface area contributed by atoms with Gasteiger partial charge < -0.3 is 4.74 Å². The highest BCUT2D eigenvalue weighted by atomic mass is 79.9. The van der Waals surface area contributed by atoms with Gasteiger partial charge in [0, 0.05) is 27.0 Å². The Morgan fingerprint density at radius 3 is 2.47 bits per heavy atom. The number of hydrogen-bond acceptors (Lipinski definition) is 3. The number of hydrogen-bond donors (Lipinski definition) is 0. The van der Waals surface area contributed by atoms with Crippen LogP contribution in [0.3, 0.4) is 0 Å². The largest absolute Gasteiger partial charge is 0.464 e. The van der Waals surface area contributed by atoms with Crippen LogP contribution in [0.15, 0.2) is 76.3 Å². The van der Waals surface area contributed by atoms with Gasteiger partial charge in [-0.15, -0.1) is 0 Å². The zero-order valence-electron chi connectivity index (χ0n) is 16.8. The number of fused-ring (bicyclic) bond motifs is 3. The lowest BCUT2D eigenvalue weighted by Crippen LogP contribution is -2.33. The van der Waals surface area contributed by atoms with Gasteiger partial charge in [-0.1, -0.05) is 77.8 Å². The van der Waals surface area contributed by atoms with Crippen LogP contribution in [0, 0.1) is 0 Å². The minimum atomic E-state index is -0.255. The number of rotatable bonds is 3. The van der Waals surface area contributed by atoms with Crippen molar-refractivity contribution in [2.24, 2.45) is 5.10 Å². The van der Waals surface area contributed by atoms with E-state index in [-0.39, 0.29) is 12.3 Å². The molecular formula is C25H22BrClN2O. The van der Waals surface area contributed by atoms with Crippen LogP contribution < -0.4 is 4.74 Å². The van der Waals surface area contributed by atoms with Crippen LogP contribution >= 0.6 is 27.5 Å². The van der Waals surface area contributed by atoms with Gasteiger partial charge in [0.15, 0.2) is 0 Å². The summed E-state index contributed by atoms with van der Waals surface area (Å²) in [5, 5.41) is 7.87. The molecule has 0 aliphatic carbocycles. The Kier molecular flexibility index (Phi) is 5.08. The van der Waals surface area contributed by atoms with Gasteiger partial charge in [-0.05, 0) is 47.4 Å². The Labute approximate surface area is 190 Å². The van der Waals surface area contributed by atoms with Crippen molar-refractivity contribution in [2.45, 2.75) is 38.5 Å². The zero-order chi connectivity index (χ0) is 20.8. The van der Waals surface area contributed by atoms with E-state index in [1.807, 2.05) is 36.4 Å². The summed E-state index contributed by atoms with van der Waals surface area (Å²) >= 11 is 9.70. The molecule has 2 aliphatic heterocycles. The van der Waals surface area contributed by atoms with E-state index in [4.69, 9.17) is 21.4 Å². The lowest BCUT2D eigenvalue weighted by molar-refractivity contribution is -0.0190. The minimum Gasteiger partial charge on any atom is -0.464 e. The molecule has 0 N–H and O–H groups in total. The van der Waals surface area contributed by atoms with Gasteiger partial charge in [0.2, 0.25) is 6.23 Å². The Morgan fingerprint density at radius 2 is 1.77 bits per heavy atom. The van der Waals surface area contributed by atoms with E-state index in [1.165, 1.54) is 5.56 Å². The Balaban J connectivity index is 1.57. The molecule has 0 spiro atoms. The highest BCUT2D eigenvalue weighted by molar-refractivity contribution is 9.10. The fourth-order valence-corrected chi connectivity index (χ4v) is 4.65. The standard InChI is InChI=1S/C25H22BrClN2O/c1-15(2)16-3-5-18(6-4-16)25-29-23(21-13-19(26)9-12-24(21)30-25)14-22(28-29)17-7-10-20(27)11-8-17/h3-13,15,23,25H,14H2,1-2H3. The summed E-state index contributed by atoms with van der Waals surface area (Å²) in [5.74, 6) is 1.42. The van der Waals surface area contributed by atoms with E-state index in [1.54, 1.807) is 0 Å². The fraction of sp³-hybridized carbons (Fsp3) is 0.240. The van der Waals surface area contributed by atoms with Crippen LogP contribution in [0.4, 0.5) is 0 Å². The molecule has 0 fully saturated rings. The first-order chi connectivity index (χ1) is 14.5. The Bertz CT molecular complexity index is 1110. The van der Waals surface area contributed by atoms with E-state index < -0.39 is 0 Å². The van der Waals surface area contributed by atoms with Crippen molar-refractivity contribution in [3.05, 3.63) is 98.5 Å². The smallest absolute Gasteiger partial charge is 0.213 e. The van der Waals surface area contributed by atoms with Crippen LogP contribution in [0.1, 0.15) is 60.7 Å². The normalized spacial score (nSPS) is 19.9. The summed E-state index contributed by atoms with van der Waals surface area (Å²) < 4.78 is 7.51. The summed E-state index contributed by atoms with van der Waals surface area (Å²) in [7, 11) is 0. The topological polar surface area (TPSA) is 24.8 Å². The molecule has 5 heteroatoms. The first-order valence-corrected chi connectivity index (χ1v) is 11.3. The second kappa shape index (κ2) is 7.75. The van der Waals surface area contributed by atoms with Gasteiger partial charge in [-0.2, -0.15) is 5.10 Å². The molecule has 0 radical (unpaired) electrons. The molecule has 0 amide bonds. The molecule has 0 aromatic heterocycles. The molecule has 2 heterocycles. The summed E-state index contributed by atoms with van der Waals surface area (Å²) in [5.41, 5.74) is 5.74. The minimum absolute atomic E-state index is 0.131. The molecule has 30 heavy (non-hydrogen) atoms. The van der Waals surface area contributed by atoms with Crippen molar-refractivity contribution in [1.29, 1.82) is 0 Å². The SMILES string of the molecule is CC(C)c1ccc(C2Oc3ccc(Br)cc3C3CC(c4ccc(Cl)cc4)=NN32)cc1. The molecule has 3 aromatic rings. The van der Waals surface area contributed by atoms with Crippen molar-refractivity contribution < 1.29 is 4.74 Å². The van der Waals surface area contributed by atoms with Gasteiger partial charge in [-0.3, -0.25) is 0 Å². The summed E-state index contributed by atoms with van der Waals surface area (Å²) in [6.07, 6.45) is 0.573. The molecule has 5 rings (SSSR count). The van der Waals surface area contributed by atoms with E-state index in [0.29, 0.717) is 5.92 Å². The monoisotopic (exact) mass is 480 g/mol. The van der Waals surface area contributed by atoms with Gasteiger partial charge in [0.25, 0.3) is 0 Å². The first-order valence-electron chi connectivity index (χ1n) is 10.2. The molecule has 2 atom stereocenters. The molecule has 3 aromatic carbocycles. The highest BCUT2D eigenvalue weighted by Crippen LogP contribution is 2.48. The van der Waals surface area contributed by atoms with Crippen LogP contribution in [0.2, 0.25) is 5.02 Å². The molecule has 2 aliphatic rings. The van der Waals surface area contributed by atoms with Gasteiger partial charge in [0.1, 0.15) is 5.75 Å². The van der Waals surface area contributed by atoms with E-state index in [9.17, 15) is 0 Å². The van der Waals surface area contributed by atoms with Crippen molar-refractivity contribution >= 4 is 33.2 Å². The van der Waals surface area contributed by atoms with Gasteiger partial charge in [-0.25, -0.2) is 5.01 Å². The van der Waals surface area contributed by atoms with Crippen LogP contribution in [0.5, 0.6) is 5.75 Å². The molecular weight excluding hydrogens is 460 g/mol. The maximum absolute atomic E-state index is 6.47. The van der Waals surface area contributed by atoms with E-state index in [0.717, 1.165) is 44.1 Å². The number of ether oxygens (including phenoxy) is 1. The summed E-state index contributed by atoms with van der Waals surface area (Å²) in [6, 6.07) is 23.0. The maximum atomic E-state index is 6.47.